The summed E-state index contributed by atoms with van der Waals surface area (Å²) >= 11 is 0. The molecular formula is C15H20FNO2. The molecule has 2 aliphatic rings. The number of ether oxygens (including phenoxy) is 2. The van der Waals surface area contributed by atoms with Gasteiger partial charge in [0.15, 0.2) is 11.6 Å². The zero-order chi connectivity index (χ0) is 13.5. The van der Waals surface area contributed by atoms with Crippen LogP contribution in [0.25, 0.3) is 0 Å². The summed E-state index contributed by atoms with van der Waals surface area (Å²) in [5, 5.41) is 0. The summed E-state index contributed by atoms with van der Waals surface area (Å²) in [6.45, 7) is 0.546. The van der Waals surface area contributed by atoms with Crippen molar-refractivity contribution in [3.05, 3.63) is 29.6 Å². The van der Waals surface area contributed by atoms with Crippen LogP contribution in [0, 0.1) is 11.2 Å². The first-order valence-corrected chi connectivity index (χ1v) is 6.85. The number of benzene rings is 1. The lowest BCUT2D eigenvalue weighted by Gasteiger charge is -2.34. The van der Waals surface area contributed by atoms with Gasteiger partial charge in [-0.05, 0) is 37.3 Å². The lowest BCUT2D eigenvalue weighted by atomic mass is 9.70. The zero-order valence-corrected chi connectivity index (χ0v) is 11.2. The van der Waals surface area contributed by atoms with Gasteiger partial charge < -0.3 is 15.2 Å². The highest BCUT2D eigenvalue weighted by molar-refractivity contribution is 5.32. The maximum absolute atomic E-state index is 14.3. The van der Waals surface area contributed by atoms with Crippen LogP contribution < -0.4 is 10.5 Å². The Hall–Kier alpha value is -1.13. The first-order chi connectivity index (χ1) is 9.18. The molecule has 2 saturated heterocycles. The van der Waals surface area contributed by atoms with Crippen LogP contribution in [0.5, 0.6) is 5.75 Å². The molecule has 1 aromatic rings. The van der Waals surface area contributed by atoms with Crippen molar-refractivity contribution in [1.82, 2.24) is 0 Å². The maximum atomic E-state index is 14.3. The van der Waals surface area contributed by atoms with Gasteiger partial charge in [0.05, 0.1) is 19.3 Å². The Morgan fingerprint density at radius 3 is 2.89 bits per heavy atom. The van der Waals surface area contributed by atoms with Crippen molar-refractivity contribution in [3.8, 4) is 5.75 Å². The Kier molecular flexibility index (Phi) is 3.23. The van der Waals surface area contributed by atoms with E-state index in [4.69, 9.17) is 15.2 Å². The average molecular weight is 265 g/mol. The van der Waals surface area contributed by atoms with Crippen molar-refractivity contribution in [1.29, 1.82) is 0 Å². The van der Waals surface area contributed by atoms with Crippen LogP contribution in [0.3, 0.4) is 0 Å². The van der Waals surface area contributed by atoms with E-state index < -0.39 is 0 Å². The molecule has 3 nitrogen and oxygen atoms in total. The number of halogens is 1. The number of fused-ring (bicyclic) bond motifs is 2. The van der Waals surface area contributed by atoms with Crippen molar-refractivity contribution in [2.24, 2.45) is 11.1 Å². The standard InChI is InChI=1S/C15H20FNO2/c1-18-12-4-2-3-10(14(12)16)7-15(9-17)8-11-5-6-13(15)19-11/h2-4,11,13H,5-9,17H2,1H3. The van der Waals surface area contributed by atoms with Gasteiger partial charge in [-0.3, -0.25) is 0 Å². The molecule has 2 N–H and O–H groups in total. The van der Waals surface area contributed by atoms with Gasteiger partial charge in [0.1, 0.15) is 0 Å². The predicted octanol–water partition coefficient (Wildman–Crippen LogP) is 2.27. The molecule has 3 unspecified atom stereocenters. The second kappa shape index (κ2) is 4.76. The molecule has 0 spiro atoms. The van der Waals surface area contributed by atoms with E-state index in [1.54, 1.807) is 6.07 Å². The average Bonchev–Trinajstić information content (AvgIpc) is 3.02. The van der Waals surface area contributed by atoms with E-state index in [1.807, 2.05) is 12.1 Å². The molecule has 0 saturated carbocycles. The Balaban J connectivity index is 1.88. The number of hydrogen-bond acceptors (Lipinski definition) is 3. The van der Waals surface area contributed by atoms with E-state index in [-0.39, 0.29) is 17.3 Å². The van der Waals surface area contributed by atoms with Gasteiger partial charge in [-0.1, -0.05) is 12.1 Å². The molecule has 1 aromatic carbocycles. The SMILES string of the molecule is COc1cccc(CC2(CN)CC3CCC2O3)c1F. The van der Waals surface area contributed by atoms with Crippen molar-refractivity contribution >= 4 is 0 Å². The lowest BCUT2D eigenvalue weighted by Crippen LogP contribution is -2.41. The Morgan fingerprint density at radius 1 is 1.47 bits per heavy atom. The first-order valence-electron chi connectivity index (χ1n) is 6.85. The summed E-state index contributed by atoms with van der Waals surface area (Å²) in [7, 11) is 1.49. The molecule has 3 rings (SSSR count). The minimum atomic E-state index is -0.263. The van der Waals surface area contributed by atoms with Crippen LogP contribution in [0.15, 0.2) is 18.2 Å². The fourth-order valence-electron chi connectivity index (χ4n) is 3.59. The van der Waals surface area contributed by atoms with Crippen LogP contribution in [0.1, 0.15) is 24.8 Å². The van der Waals surface area contributed by atoms with E-state index in [0.29, 0.717) is 30.4 Å². The molecule has 2 heterocycles. The van der Waals surface area contributed by atoms with Gasteiger partial charge in [-0.25, -0.2) is 4.39 Å². The number of methoxy groups -OCH3 is 1. The molecule has 0 radical (unpaired) electrons. The van der Waals surface area contributed by atoms with E-state index >= 15 is 0 Å². The van der Waals surface area contributed by atoms with Gasteiger partial charge in [0.25, 0.3) is 0 Å². The molecule has 104 valence electrons. The fourth-order valence-corrected chi connectivity index (χ4v) is 3.59. The normalized spacial score (nSPS) is 32.8. The summed E-state index contributed by atoms with van der Waals surface area (Å²) in [5.74, 6) is 0.0364. The fraction of sp³-hybridized carbons (Fsp3) is 0.600. The summed E-state index contributed by atoms with van der Waals surface area (Å²) < 4.78 is 25.2. The van der Waals surface area contributed by atoms with Gasteiger partial charge in [0.2, 0.25) is 0 Å². The summed E-state index contributed by atoms with van der Waals surface area (Å²) in [6.07, 6.45) is 4.26. The highest BCUT2D eigenvalue weighted by atomic mass is 19.1. The number of nitrogens with two attached hydrogens (primary N) is 1. The quantitative estimate of drug-likeness (QED) is 0.908. The van der Waals surface area contributed by atoms with Gasteiger partial charge >= 0.3 is 0 Å². The third-order valence-corrected chi connectivity index (χ3v) is 4.64. The minimum Gasteiger partial charge on any atom is -0.494 e. The highest BCUT2D eigenvalue weighted by Gasteiger charge is 2.51. The van der Waals surface area contributed by atoms with Crippen LogP contribution in [-0.2, 0) is 11.2 Å². The second-order valence-electron chi connectivity index (χ2n) is 5.70. The Bertz CT molecular complexity index is 479. The van der Waals surface area contributed by atoms with Crippen LogP contribution in [0.4, 0.5) is 4.39 Å². The molecule has 3 atom stereocenters. The number of rotatable bonds is 4. The first kappa shape index (κ1) is 12.9. The maximum Gasteiger partial charge on any atom is 0.168 e. The van der Waals surface area contributed by atoms with E-state index in [1.165, 1.54) is 7.11 Å². The molecule has 0 aromatic heterocycles. The molecular weight excluding hydrogens is 245 g/mol. The molecule has 4 heteroatoms. The summed E-state index contributed by atoms with van der Waals surface area (Å²) in [4.78, 5) is 0. The third-order valence-electron chi connectivity index (χ3n) is 4.64. The molecule has 2 aliphatic heterocycles. The minimum absolute atomic E-state index is 0.101. The van der Waals surface area contributed by atoms with E-state index in [9.17, 15) is 4.39 Å². The summed E-state index contributed by atoms with van der Waals surface area (Å²) in [6, 6.07) is 5.29. The smallest absolute Gasteiger partial charge is 0.168 e. The highest BCUT2D eigenvalue weighted by Crippen LogP contribution is 2.49. The van der Waals surface area contributed by atoms with Crippen molar-refractivity contribution in [2.45, 2.75) is 37.9 Å². The summed E-state index contributed by atoms with van der Waals surface area (Å²) in [5.41, 5.74) is 6.57. The molecule has 0 aliphatic carbocycles. The lowest BCUT2D eigenvalue weighted by molar-refractivity contribution is 0.0633. The van der Waals surface area contributed by atoms with Gasteiger partial charge in [-0.15, -0.1) is 0 Å². The van der Waals surface area contributed by atoms with Gasteiger partial charge in [0, 0.05) is 12.0 Å². The molecule has 2 bridgehead atoms. The van der Waals surface area contributed by atoms with Gasteiger partial charge in [-0.2, -0.15) is 0 Å². The van der Waals surface area contributed by atoms with E-state index in [2.05, 4.69) is 0 Å². The predicted molar refractivity (Wildman–Crippen MR) is 70.7 cm³/mol. The van der Waals surface area contributed by atoms with Crippen LogP contribution in [-0.4, -0.2) is 25.9 Å². The van der Waals surface area contributed by atoms with Crippen LogP contribution >= 0.6 is 0 Å². The Labute approximate surface area is 112 Å². The van der Waals surface area contributed by atoms with Crippen LogP contribution in [0.2, 0.25) is 0 Å². The second-order valence-corrected chi connectivity index (χ2v) is 5.70. The van der Waals surface area contributed by atoms with E-state index in [0.717, 1.165) is 19.3 Å². The Morgan fingerprint density at radius 2 is 2.32 bits per heavy atom. The van der Waals surface area contributed by atoms with Crippen molar-refractivity contribution in [3.63, 3.8) is 0 Å². The van der Waals surface area contributed by atoms with Crippen molar-refractivity contribution < 1.29 is 13.9 Å². The monoisotopic (exact) mass is 265 g/mol. The zero-order valence-electron chi connectivity index (χ0n) is 11.2. The number of hydrogen-bond donors (Lipinski definition) is 1. The molecule has 0 amide bonds. The molecule has 2 fully saturated rings. The molecule has 19 heavy (non-hydrogen) atoms. The third kappa shape index (κ3) is 2.03. The topological polar surface area (TPSA) is 44.5 Å². The van der Waals surface area contributed by atoms with Crippen molar-refractivity contribution in [2.75, 3.05) is 13.7 Å². The largest absolute Gasteiger partial charge is 0.494 e.